The first kappa shape index (κ1) is 17.2. The summed E-state index contributed by atoms with van der Waals surface area (Å²) in [4.78, 5) is 14.0. The van der Waals surface area contributed by atoms with Crippen molar-refractivity contribution in [2.24, 2.45) is 5.73 Å². The molecular formula is C14H29N3O3. The van der Waals surface area contributed by atoms with Crippen LogP contribution in [0.4, 0.5) is 4.79 Å². The Bertz CT molecular complexity index is 326. The number of nitrogens with two attached hydrogens (primary N) is 1. The normalized spacial score (nSPS) is 21.3. The first-order valence-corrected chi connectivity index (χ1v) is 7.17. The van der Waals surface area contributed by atoms with E-state index in [4.69, 9.17) is 15.2 Å². The number of carbonyl (C=O) groups excluding carboxylic acids is 1. The minimum atomic E-state index is -0.486. The Morgan fingerprint density at radius 3 is 2.65 bits per heavy atom. The molecule has 6 nitrogen and oxygen atoms in total. The van der Waals surface area contributed by atoms with Gasteiger partial charge in [-0.25, -0.2) is 4.79 Å². The number of alkyl carbamates (subject to hydrolysis) is 1. The topological polar surface area (TPSA) is 76.8 Å². The first-order chi connectivity index (χ1) is 9.15. The molecule has 0 aromatic rings. The Hall–Kier alpha value is -0.850. The zero-order valence-corrected chi connectivity index (χ0v) is 13.4. The Morgan fingerprint density at radius 2 is 2.15 bits per heavy atom. The van der Waals surface area contributed by atoms with E-state index < -0.39 is 11.7 Å². The molecule has 1 fully saturated rings. The lowest BCUT2D eigenvalue weighted by atomic mass is 9.99. The zero-order valence-electron chi connectivity index (χ0n) is 13.4. The molecule has 0 aromatic heterocycles. The molecule has 118 valence electrons. The third-order valence-electron chi connectivity index (χ3n) is 3.30. The predicted molar refractivity (Wildman–Crippen MR) is 78.7 cm³/mol. The van der Waals surface area contributed by atoms with E-state index in [2.05, 4.69) is 24.1 Å². The molecular weight excluding hydrogens is 258 g/mol. The van der Waals surface area contributed by atoms with Gasteiger partial charge < -0.3 is 20.5 Å². The maximum Gasteiger partial charge on any atom is 0.407 e. The van der Waals surface area contributed by atoms with Gasteiger partial charge in [0.15, 0.2) is 0 Å². The Kier molecular flexibility index (Phi) is 5.79. The van der Waals surface area contributed by atoms with Crippen LogP contribution in [-0.4, -0.2) is 61.0 Å². The number of hydrogen-bond acceptors (Lipinski definition) is 5. The van der Waals surface area contributed by atoms with Crippen molar-refractivity contribution in [3.8, 4) is 0 Å². The number of rotatable bonds is 4. The standard InChI is InChI=1S/C14H29N3O3/c1-13(2,3)20-12(18)16-9-11(8-15)17-6-7-19-10-14(17,4)5/h11H,6-10,15H2,1-5H3,(H,16,18). The van der Waals surface area contributed by atoms with Gasteiger partial charge in [0.1, 0.15) is 5.60 Å². The molecule has 0 bridgehead atoms. The molecule has 0 spiro atoms. The SMILES string of the molecule is CC(C)(C)OC(=O)NCC(CN)N1CCOCC1(C)C. The van der Waals surface area contributed by atoms with Crippen molar-refractivity contribution in [1.29, 1.82) is 0 Å². The zero-order chi connectivity index (χ0) is 15.4. The van der Waals surface area contributed by atoms with E-state index in [0.29, 0.717) is 26.3 Å². The number of nitrogens with one attached hydrogen (secondary N) is 1. The summed E-state index contributed by atoms with van der Waals surface area (Å²) in [5, 5.41) is 2.80. The van der Waals surface area contributed by atoms with Crippen molar-refractivity contribution in [2.45, 2.75) is 51.8 Å². The second kappa shape index (κ2) is 6.74. The second-order valence-corrected chi connectivity index (χ2v) is 6.83. The molecule has 1 aliphatic heterocycles. The average molecular weight is 287 g/mol. The minimum Gasteiger partial charge on any atom is -0.444 e. The Morgan fingerprint density at radius 1 is 1.50 bits per heavy atom. The van der Waals surface area contributed by atoms with Crippen LogP contribution < -0.4 is 11.1 Å². The van der Waals surface area contributed by atoms with Gasteiger partial charge in [0.2, 0.25) is 0 Å². The Balaban J connectivity index is 2.52. The molecule has 1 atom stereocenters. The van der Waals surface area contributed by atoms with Crippen LogP contribution in [0, 0.1) is 0 Å². The summed E-state index contributed by atoms with van der Waals surface area (Å²) in [6, 6.07) is 0.0846. The fourth-order valence-electron chi connectivity index (χ4n) is 2.38. The van der Waals surface area contributed by atoms with Gasteiger partial charge in [0.05, 0.1) is 13.2 Å². The van der Waals surface area contributed by atoms with Gasteiger partial charge in [-0.1, -0.05) is 0 Å². The number of amides is 1. The molecule has 20 heavy (non-hydrogen) atoms. The highest BCUT2D eigenvalue weighted by atomic mass is 16.6. The van der Waals surface area contributed by atoms with Gasteiger partial charge in [-0.3, -0.25) is 4.90 Å². The number of ether oxygens (including phenoxy) is 2. The summed E-state index contributed by atoms with van der Waals surface area (Å²) in [5.41, 5.74) is 5.31. The van der Waals surface area contributed by atoms with Gasteiger partial charge in [0.25, 0.3) is 0 Å². The summed E-state index contributed by atoms with van der Waals surface area (Å²) in [7, 11) is 0. The molecule has 1 unspecified atom stereocenters. The molecule has 1 rings (SSSR count). The van der Waals surface area contributed by atoms with E-state index in [0.717, 1.165) is 6.54 Å². The summed E-state index contributed by atoms with van der Waals surface area (Å²) in [6.07, 6.45) is -0.401. The molecule has 0 aliphatic carbocycles. The second-order valence-electron chi connectivity index (χ2n) is 6.83. The molecule has 0 radical (unpaired) electrons. The van der Waals surface area contributed by atoms with E-state index in [1.165, 1.54) is 0 Å². The van der Waals surface area contributed by atoms with Crippen LogP contribution in [0.2, 0.25) is 0 Å². The highest BCUT2D eigenvalue weighted by Gasteiger charge is 2.35. The van der Waals surface area contributed by atoms with Crippen molar-refractivity contribution in [2.75, 3.05) is 32.8 Å². The summed E-state index contributed by atoms with van der Waals surface area (Å²) >= 11 is 0. The van der Waals surface area contributed by atoms with E-state index in [1.54, 1.807) is 0 Å². The number of nitrogens with zero attached hydrogens (tertiary/aromatic N) is 1. The summed E-state index contributed by atoms with van der Waals surface area (Å²) in [6.45, 7) is 13.0. The fraction of sp³-hybridized carbons (Fsp3) is 0.929. The van der Waals surface area contributed by atoms with Crippen molar-refractivity contribution in [3.63, 3.8) is 0 Å². The number of carbonyl (C=O) groups is 1. The average Bonchev–Trinajstić information content (AvgIpc) is 2.29. The molecule has 0 aromatic carbocycles. The summed E-state index contributed by atoms with van der Waals surface area (Å²) < 4.78 is 10.7. The lowest BCUT2D eigenvalue weighted by molar-refractivity contribution is -0.0699. The highest BCUT2D eigenvalue weighted by Crippen LogP contribution is 2.21. The molecule has 3 N–H and O–H groups in total. The Labute approximate surface area is 122 Å². The van der Waals surface area contributed by atoms with Crippen LogP contribution in [0.5, 0.6) is 0 Å². The van der Waals surface area contributed by atoms with E-state index in [9.17, 15) is 4.79 Å². The molecule has 6 heteroatoms. The smallest absolute Gasteiger partial charge is 0.407 e. The van der Waals surface area contributed by atoms with Crippen molar-refractivity contribution in [3.05, 3.63) is 0 Å². The monoisotopic (exact) mass is 287 g/mol. The van der Waals surface area contributed by atoms with Gasteiger partial charge in [-0.2, -0.15) is 0 Å². The quantitative estimate of drug-likeness (QED) is 0.805. The van der Waals surface area contributed by atoms with Crippen LogP contribution in [0.15, 0.2) is 0 Å². The van der Waals surface area contributed by atoms with Gasteiger partial charge in [0, 0.05) is 31.2 Å². The molecule has 1 saturated heterocycles. The van der Waals surface area contributed by atoms with Gasteiger partial charge in [-0.05, 0) is 34.6 Å². The number of morpholine rings is 1. The largest absolute Gasteiger partial charge is 0.444 e. The van der Waals surface area contributed by atoms with Crippen LogP contribution in [0.3, 0.4) is 0 Å². The van der Waals surface area contributed by atoms with E-state index >= 15 is 0 Å². The van der Waals surface area contributed by atoms with E-state index in [-0.39, 0.29) is 11.6 Å². The maximum absolute atomic E-state index is 11.7. The first-order valence-electron chi connectivity index (χ1n) is 7.17. The van der Waals surface area contributed by atoms with Crippen molar-refractivity contribution >= 4 is 6.09 Å². The van der Waals surface area contributed by atoms with Crippen LogP contribution in [0.1, 0.15) is 34.6 Å². The molecule has 0 saturated carbocycles. The summed E-state index contributed by atoms with van der Waals surface area (Å²) in [5.74, 6) is 0. The molecule has 1 amide bonds. The maximum atomic E-state index is 11.7. The van der Waals surface area contributed by atoms with Crippen LogP contribution in [0.25, 0.3) is 0 Å². The minimum absolute atomic E-state index is 0.0715. The third-order valence-corrected chi connectivity index (χ3v) is 3.30. The number of hydrogen-bond donors (Lipinski definition) is 2. The van der Waals surface area contributed by atoms with E-state index in [1.807, 2.05) is 20.8 Å². The van der Waals surface area contributed by atoms with Gasteiger partial charge >= 0.3 is 6.09 Å². The van der Waals surface area contributed by atoms with Crippen molar-refractivity contribution in [1.82, 2.24) is 10.2 Å². The van der Waals surface area contributed by atoms with Crippen LogP contribution in [-0.2, 0) is 9.47 Å². The lowest BCUT2D eigenvalue weighted by Crippen LogP contribution is -2.61. The van der Waals surface area contributed by atoms with Crippen LogP contribution >= 0.6 is 0 Å². The third kappa shape index (κ3) is 5.26. The molecule has 1 aliphatic rings. The predicted octanol–water partition coefficient (Wildman–Crippen LogP) is 0.949. The lowest BCUT2D eigenvalue weighted by Gasteiger charge is -2.46. The van der Waals surface area contributed by atoms with Gasteiger partial charge in [-0.15, -0.1) is 0 Å². The van der Waals surface area contributed by atoms with Crippen molar-refractivity contribution < 1.29 is 14.3 Å². The molecule has 1 heterocycles. The fourth-order valence-corrected chi connectivity index (χ4v) is 2.38. The highest BCUT2D eigenvalue weighted by molar-refractivity contribution is 5.67.